The quantitative estimate of drug-likeness (QED) is 0.173. The zero-order valence-electron chi connectivity index (χ0n) is 22.8. The van der Waals surface area contributed by atoms with E-state index in [-0.39, 0.29) is 18.2 Å². The molecular formula is C31H35N3O4S. The van der Waals surface area contributed by atoms with E-state index >= 15 is 0 Å². The topological polar surface area (TPSA) is 94.3 Å². The first-order valence-corrected chi connectivity index (χ1v) is 14.6. The van der Waals surface area contributed by atoms with Gasteiger partial charge in [-0.05, 0) is 74.4 Å². The first kappa shape index (κ1) is 27.1. The minimum absolute atomic E-state index is 0.127. The van der Waals surface area contributed by atoms with Crippen LogP contribution in [0.3, 0.4) is 0 Å². The van der Waals surface area contributed by atoms with Gasteiger partial charge >= 0.3 is 11.9 Å². The summed E-state index contributed by atoms with van der Waals surface area (Å²) in [5.41, 5.74) is 5.55. The lowest BCUT2D eigenvalue weighted by Gasteiger charge is -2.23. The van der Waals surface area contributed by atoms with Crippen LogP contribution in [0, 0.1) is 13.8 Å². The number of carboxylic acid groups (broad SMARTS) is 1. The van der Waals surface area contributed by atoms with Crippen molar-refractivity contribution in [1.82, 2.24) is 14.5 Å². The number of carboxylic acids is 1. The zero-order valence-corrected chi connectivity index (χ0v) is 23.6. The average Bonchev–Trinajstić information content (AvgIpc) is 3.48. The SMILES string of the molecule is CCCCOC(=O)Cn1c(C(=O)O)cc(C2CCCCC2)c1-c1ccc2nc(-c3sc(C)nc3C)ccc2c1. The second-order valence-electron chi connectivity index (χ2n) is 10.4. The molecule has 0 unspecified atom stereocenters. The molecule has 0 radical (unpaired) electrons. The second-order valence-corrected chi connectivity index (χ2v) is 11.6. The molecule has 4 aromatic rings. The van der Waals surface area contributed by atoms with E-state index in [1.165, 1.54) is 6.42 Å². The fourth-order valence-corrected chi connectivity index (χ4v) is 6.52. The molecule has 8 heteroatoms. The number of aromatic carboxylic acids is 1. The molecule has 1 aromatic carbocycles. The lowest BCUT2D eigenvalue weighted by atomic mass is 9.83. The third kappa shape index (κ3) is 5.76. The summed E-state index contributed by atoms with van der Waals surface area (Å²) in [6.45, 7) is 6.24. The predicted octanol–water partition coefficient (Wildman–Crippen LogP) is 7.53. The highest BCUT2D eigenvalue weighted by Crippen LogP contribution is 2.41. The number of unbranched alkanes of at least 4 members (excludes halogenated alkanes) is 1. The number of hydrogen-bond acceptors (Lipinski definition) is 6. The van der Waals surface area contributed by atoms with Crippen LogP contribution in [0.1, 0.15) is 84.5 Å². The molecule has 39 heavy (non-hydrogen) atoms. The Morgan fingerprint density at radius 3 is 2.56 bits per heavy atom. The molecule has 0 atom stereocenters. The molecule has 1 aliphatic rings. The summed E-state index contributed by atoms with van der Waals surface area (Å²) in [4.78, 5) is 35.7. The van der Waals surface area contributed by atoms with Crippen molar-refractivity contribution in [2.75, 3.05) is 6.61 Å². The molecule has 1 aliphatic carbocycles. The fourth-order valence-electron chi connectivity index (χ4n) is 5.63. The minimum atomic E-state index is -1.04. The van der Waals surface area contributed by atoms with E-state index in [4.69, 9.17) is 9.72 Å². The molecule has 0 bridgehead atoms. The van der Waals surface area contributed by atoms with Crippen molar-refractivity contribution in [3.8, 4) is 21.8 Å². The largest absolute Gasteiger partial charge is 0.477 e. The number of carbonyl (C=O) groups excluding carboxylic acids is 1. The van der Waals surface area contributed by atoms with Gasteiger partial charge in [-0.25, -0.2) is 14.8 Å². The Balaban J connectivity index is 1.59. The van der Waals surface area contributed by atoms with Crippen LogP contribution in [0.15, 0.2) is 36.4 Å². The highest BCUT2D eigenvalue weighted by molar-refractivity contribution is 7.15. The van der Waals surface area contributed by atoms with Gasteiger partial charge in [0, 0.05) is 5.39 Å². The maximum atomic E-state index is 12.8. The first-order valence-electron chi connectivity index (χ1n) is 13.8. The van der Waals surface area contributed by atoms with Gasteiger partial charge in [0.25, 0.3) is 0 Å². The molecule has 0 spiro atoms. The minimum Gasteiger partial charge on any atom is -0.477 e. The van der Waals surface area contributed by atoms with Crippen LogP contribution in [0.5, 0.6) is 0 Å². The molecule has 0 saturated heterocycles. The van der Waals surface area contributed by atoms with Crippen LogP contribution >= 0.6 is 11.3 Å². The Morgan fingerprint density at radius 2 is 1.87 bits per heavy atom. The molecule has 5 rings (SSSR count). The number of pyridine rings is 1. The van der Waals surface area contributed by atoms with Crippen molar-refractivity contribution in [3.63, 3.8) is 0 Å². The molecule has 0 aliphatic heterocycles. The van der Waals surface area contributed by atoms with Gasteiger partial charge in [-0.1, -0.05) is 44.7 Å². The van der Waals surface area contributed by atoms with Crippen molar-refractivity contribution in [2.45, 2.75) is 78.2 Å². The number of aromatic nitrogens is 3. The highest BCUT2D eigenvalue weighted by Gasteiger charge is 2.28. The van der Waals surface area contributed by atoms with Crippen molar-refractivity contribution in [3.05, 3.63) is 58.4 Å². The number of thiazole rings is 1. The number of aryl methyl sites for hydroxylation is 2. The highest BCUT2D eigenvalue weighted by atomic mass is 32.1. The Morgan fingerprint density at radius 1 is 1.08 bits per heavy atom. The van der Waals surface area contributed by atoms with E-state index in [0.29, 0.717) is 6.61 Å². The summed E-state index contributed by atoms with van der Waals surface area (Å²) in [5.74, 6) is -1.19. The van der Waals surface area contributed by atoms with E-state index in [1.54, 1.807) is 22.0 Å². The van der Waals surface area contributed by atoms with E-state index in [0.717, 1.165) is 87.5 Å². The number of benzene rings is 1. The van der Waals surface area contributed by atoms with Crippen LogP contribution in [0.4, 0.5) is 0 Å². The lowest BCUT2D eigenvalue weighted by molar-refractivity contribution is -0.144. The molecule has 3 aromatic heterocycles. The Kier molecular flexibility index (Phi) is 8.12. The van der Waals surface area contributed by atoms with E-state index in [9.17, 15) is 14.7 Å². The number of fused-ring (bicyclic) bond motifs is 1. The Hall–Kier alpha value is -3.52. The molecule has 1 N–H and O–H groups in total. The van der Waals surface area contributed by atoms with Gasteiger partial charge in [-0.15, -0.1) is 11.3 Å². The van der Waals surface area contributed by atoms with Crippen LogP contribution < -0.4 is 0 Å². The summed E-state index contributed by atoms with van der Waals surface area (Å²) in [5, 5.41) is 12.1. The van der Waals surface area contributed by atoms with Gasteiger partial charge in [-0.2, -0.15) is 0 Å². The maximum Gasteiger partial charge on any atom is 0.352 e. The van der Waals surface area contributed by atoms with Crippen molar-refractivity contribution < 1.29 is 19.4 Å². The molecule has 3 heterocycles. The monoisotopic (exact) mass is 545 g/mol. The van der Waals surface area contributed by atoms with E-state index < -0.39 is 11.9 Å². The predicted molar refractivity (Wildman–Crippen MR) is 154 cm³/mol. The smallest absolute Gasteiger partial charge is 0.352 e. The normalized spacial score (nSPS) is 14.1. The van der Waals surface area contributed by atoms with Gasteiger partial charge in [0.1, 0.15) is 12.2 Å². The Bertz CT molecular complexity index is 1510. The zero-order chi connectivity index (χ0) is 27.5. The number of nitrogens with zero attached hydrogens (tertiary/aromatic N) is 3. The third-order valence-corrected chi connectivity index (χ3v) is 8.63. The van der Waals surface area contributed by atoms with Gasteiger partial charge in [-0.3, -0.25) is 4.79 Å². The average molecular weight is 546 g/mol. The van der Waals surface area contributed by atoms with Gasteiger partial charge < -0.3 is 14.4 Å². The number of ether oxygens (including phenoxy) is 1. The maximum absolute atomic E-state index is 12.8. The molecule has 1 saturated carbocycles. The van der Waals surface area contributed by atoms with Crippen molar-refractivity contribution >= 4 is 34.2 Å². The van der Waals surface area contributed by atoms with Crippen LogP contribution in [-0.4, -0.2) is 38.2 Å². The molecular weight excluding hydrogens is 510 g/mol. The van der Waals surface area contributed by atoms with E-state index in [2.05, 4.69) is 17.1 Å². The number of rotatable bonds is 9. The number of hydrogen-bond donors (Lipinski definition) is 1. The van der Waals surface area contributed by atoms with Crippen LogP contribution in [0.25, 0.3) is 32.7 Å². The Labute approximate surface area is 232 Å². The van der Waals surface area contributed by atoms with Gasteiger partial charge in [0.2, 0.25) is 0 Å². The molecule has 204 valence electrons. The van der Waals surface area contributed by atoms with Gasteiger partial charge in [0.15, 0.2) is 0 Å². The second kappa shape index (κ2) is 11.7. The summed E-state index contributed by atoms with van der Waals surface area (Å²) >= 11 is 1.64. The number of carbonyl (C=O) groups is 2. The van der Waals surface area contributed by atoms with Crippen molar-refractivity contribution in [2.24, 2.45) is 0 Å². The number of esters is 1. The van der Waals surface area contributed by atoms with Crippen molar-refractivity contribution in [1.29, 1.82) is 0 Å². The van der Waals surface area contributed by atoms with Gasteiger partial charge in [0.05, 0.1) is 39.1 Å². The lowest BCUT2D eigenvalue weighted by Crippen LogP contribution is -2.19. The fraction of sp³-hybridized carbons (Fsp3) is 0.419. The summed E-state index contributed by atoms with van der Waals surface area (Å²) in [6.07, 6.45) is 7.18. The molecule has 7 nitrogen and oxygen atoms in total. The molecule has 1 fully saturated rings. The van der Waals surface area contributed by atoms with Crippen LogP contribution in [0.2, 0.25) is 0 Å². The summed E-state index contributed by atoms with van der Waals surface area (Å²) < 4.78 is 7.08. The summed E-state index contributed by atoms with van der Waals surface area (Å²) in [6, 6.07) is 11.9. The third-order valence-electron chi connectivity index (χ3n) is 7.54. The first-order chi connectivity index (χ1) is 18.9. The van der Waals surface area contributed by atoms with E-state index in [1.807, 2.05) is 39.0 Å². The molecule has 0 amide bonds. The van der Waals surface area contributed by atoms with Crippen LogP contribution in [-0.2, 0) is 16.1 Å². The standard InChI is InChI=1S/C31H35N3O4S/c1-4-5-15-38-28(35)18-34-27(31(36)37)17-24(21-9-7-6-8-10-21)29(34)23-12-13-25-22(16-23)11-14-26(33-25)30-19(2)32-20(3)39-30/h11-14,16-17,21H,4-10,15,18H2,1-3H3,(H,36,37). The summed E-state index contributed by atoms with van der Waals surface area (Å²) in [7, 11) is 0.